The molecule has 2 aromatic rings. The van der Waals surface area contributed by atoms with Gasteiger partial charge in [-0.1, -0.05) is 12.1 Å². The maximum Gasteiger partial charge on any atom is 0.125 e. The van der Waals surface area contributed by atoms with Crippen LogP contribution >= 0.6 is 0 Å². The van der Waals surface area contributed by atoms with Crippen molar-refractivity contribution in [2.24, 2.45) is 0 Å². The van der Waals surface area contributed by atoms with Gasteiger partial charge in [-0.3, -0.25) is 0 Å². The van der Waals surface area contributed by atoms with Gasteiger partial charge in [0.2, 0.25) is 0 Å². The average molecular weight is 243 g/mol. The minimum atomic E-state index is 0.644. The van der Waals surface area contributed by atoms with E-state index in [2.05, 4.69) is 27.4 Å². The molecule has 2 rings (SSSR count). The van der Waals surface area contributed by atoms with Gasteiger partial charge in [0.05, 0.1) is 18.8 Å². The number of ether oxygens (including phenoxy) is 1. The maximum atomic E-state index is 5.07. The van der Waals surface area contributed by atoms with Crippen molar-refractivity contribution < 1.29 is 4.74 Å². The van der Waals surface area contributed by atoms with Crippen LogP contribution in [0.25, 0.3) is 0 Å². The summed E-state index contributed by atoms with van der Waals surface area (Å²) in [7, 11) is 1.70. The van der Waals surface area contributed by atoms with Crippen molar-refractivity contribution >= 4 is 5.69 Å². The molecule has 4 heteroatoms. The van der Waals surface area contributed by atoms with Crippen LogP contribution in [-0.2, 0) is 17.9 Å². The van der Waals surface area contributed by atoms with Crippen LogP contribution in [0.1, 0.15) is 17.1 Å². The van der Waals surface area contributed by atoms with Gasteiger partial charge in [0.1, 0.15) is 5.82 Å². The van der Waals surface area contributed by atoms with E-state index in [0.717, 1.165) is 17.2 Å². The van der Waals surface area contributed by atoms with Crippen molar-refractivity contribution in [3.63, 3.8) is 0 Å². The minimum absolute atomic E-state index is 0.644. The summed E-state index contributed by atoms with van der Waals surface area (Å²) >= 11 is 0. The minimum Gasteiger partial charge on any atom is -0.380 e. The largest absolute Gasteiger partial charge is 0.380 e. The monoisotopic (exact) mass is 243 g/mol. The molecule has 0 bridgehead atoms. The first-order valence-corrected chi connectivity index (χ1v) is 5.88. The Morgan fingerprint density at radius 2 is 1.94 bits per heavy atom. The van der Waals surface area contributed by atoms with Gasteiger partial charge in [0.25, 0.3) is 0 Å². The Hall–Kier alpha value is -1.94. The lowest BCUT2D eigenvalue weighted by molar-refractivity contribution is 0.185. The van der Waals surface area contributed by atoms with Crippen LogP contribution in [0.2, 0.25) is 0 Å². The SMILES string of the molecule is COCc1ccc(NCc2ccnc(C)n2)cc1. The normalized spacial score (nSPS) is 10.3. The third-order valence-corrected chi connectivity index (χ3v) is 2.57. The molecule has 1 aromatic heterocycles. The van der Waals surface area contributed by atoms with Crippen molar-refractivity contribution in [3.8, 4) is 0 Å². The number of anilines is 1. The smallest absolute Gasteiger partial charge is 0.125 e. The number of hydrogen-bond acceptors (Lipinski definition) is 4. The highest BCUT2D eigenvalue weighted by Gasteiger charge is 1.97. The zero-order chi connectivity index (χ0) is 12.8. The molecule has 0 saturated heterocycles. The van der Waals surface area contributed by atoms with E-state index in [-0.39, 0.29) is 0 Å². The lowest BCUT2D eigenvalue weighted by Crippen LogP contribution is -2.03. The van der Waals surface area contributed by atoms with Crippen LogP contribution in [0.3, 0.4) is 0 Å². The molecule has 0 amide bonds. The summed E-state index contributed by atoms with van der Waals surface area (Å²) < 4.78 is 5.07. The number of hydrogen-bond donors (Lipinski definition) is 1. The average Bonchev–Trinajstić information content (AvgIpc) is 2.38. The van der Waals surface area contributed by atoms with E-state index in [4.69, 9.17) is 4.74 Å². The molecule has 1 aromatic carbocycles. The Labute approximate surface area is 107 Å². The Kier molecular flexibility index (Phi) is 4.25. The number of aromatic nitrogens is 2. The zero-order valence-electron chi connectivity index (χ0n) is 10.7. The van der Waals surface area contributed by atoms with Crippen LogP contribution in [0, 0.1) is 6.92 Å². The third-order valence-electron chi connectivity index (χ3n) is 2.57. The first-order chi connectivity index (χ1) is 8.78. The van der Waals surface area contributed by atoms with Gasteiger partial charge in [-0.15, -0.1) is 0 Å². The summed E-state index contributed by atoms with van der Waals surface area (Å²) in [5.41, 5.74) is 3.23. The molecule has 0 saturated carbocycles. The number of aryl methyl sites for hydroxylation is 1. The fourth-order valence-electron chi connectivity index (χ4n) is 1.68. The molecule has 1 heterocycles. The Morgan fingerprint density at radius 1 is 1.17 bits per heavy atom. The highest BCUT2D eigenvalue weighted by atomic mass is 16.5. The summed E-state index contributed by atoms with van der Waals surface area (Å²) in [4.78, 5) is 8.42. The molecule has 94 valence electrons. The van der Waals surface area contributed by atoms with Gasteiger partial charge < -0.3 is 10.1 Å². The van der Waals surface area contributed by atoms with Crippen molar-refractivity contribution in [1.82, 2.24) is 9.97 Å². The predicted molar refractivity (Wildman–Crippen MR) is 71.3 cm³/mol. The quantitative estimate of drug-likeness (QED) is 0.876. The van der Waals surface area contributed by atoms with E-state index in [0.29, 0.717) is 13.2 Å². The van der Waals surface area contributed by atoms with E-state index in [1.54, 1.807) is 13.3 Å². The van der Waals surface area contributed by atoms with Crippen molar-refractivity contribution in [2.75, 3.05) is 12.4 Å². The molecule has 0 aliphatic heterocycles. The molecule has 0 aliphatic rings. The van der Waals surface area contributed by atoms with Gasteiger partial charge in [-0.25, -0.2) is 9.97 Å². The topological polar surface area (TPSA) is 47.0 Å². The molecule has 0 unspecified atom stereocenters. The van der Waals surface area contributed by atoms with E-state index in [1.165, 1.54) is 5.56 Å². The van der Waals surface area contributed by atoms with E-state index in [1.807, 2.05) is 25.1 Å². The third kappa shape index (κ3) is 3.53. The summed E-state index contributed by atoms with van der Waals surface area (Å²) in [6.07, 6.45) is 1.78. The van der Waals surface area contributed by atoms with Crippen LogP contribution < -0.4 is 5.32 Å². The second-order valence-electron chi connectivity index (χ2n) is 4.08. The highest BCUT2D eigenvalue weighted by molar-refractivity contribution is 5.44. The standard InChI is InChI=1S/C14H17N3O/c1-11-15-8-7-14(17-11)9-16-13-5-3-12(4-6-13)10-18-2/h3-8,16H,9-10H2,1-2H3. The fraction of sp³-hybridized carbons (Fsp3) is 0.286. The predicted octanol–water partition coefficient (Wildman–Crippen LogP) is 2.54. The van der Waals surface area contributed by atoms with E-state index >= 15 is 0 Å². The van der Waals surface area contributed by atoms with Crippen molar-refractivity contribution in [2.45, 2.75) is 20.1 Å². The molecule has 4 nitrogen and oxygen atoms in total. The Balaban J connectivity index is 1.93. The van der Waals surface area contributed by atoms with Gasteiger partial charge >= 0.3 is 0 Å². The number of nitrogens with one attached hydrogen (secondary N) is 1. The number of rotatable bonds is 5. The van der Waals surface area contributed by atoms with E-state index < -0.39 is 0 Å². The summed E-state index contributed by atoms with van der Waals surface area (Å²) in [6, 6.07) is 10.1. The van der Waals surface area contributed by atoms with Crippen LogP contribution in [0.15, 0.2) is 36.5 Å². The molecule has 18 heavy (non-hydrogen) atoms. The zero-order valence-corrected chi connectivity index (χ0v) is 10.7. The van der Waals surface area contributed by atoms with Crippen molar-refractivity contribution in [3.05, 3.63) is 53.6 Å². The fourth-order valence-corrected chi connectivity index (χ4v) is 1.68. The molecule has 1 N–H and O–H groups in total. The Morgan fingerprint density at radius 3 is 2.61 bits per heavy atom. The summed E-state index contributed by atoms with van der Waals surface area (Å²) in [5.74, 6) is 0.796. The molecule has 0 radical (unpaired) electrons. The molecule has 0 atom stereocenters. The second-order valence-corrected chi connectivity index (χ2v) is 4.08. The van der Waals surface area contributed by atoms with Gasteiger partial charge in [-0.2, -0.15) is 0 Å². The van der Waals surface area contributed by atoms with Crippen LogP contribution in [0.5, 0.6) is 0 Å². The summed E-state index contributed by atoms with van der Waals surface area (Å²) in [5, 5.41) is 3.33. The van der Waals surface area contributed by atoms with Gasteiger partial charge in [0, 0.05) is 19.0 Å². The van der Waals surface area contributed by atoms with Crippen LogP contribution in [-0.4, -0.2) is 17.1 Å². The molecule has 0 fully saturated rings. The number of methoxy groups -OCH3 is 1. The van der Waals surface area contributed by atoms with Crippen LogP contribution in [0.4, 0.5) is 5.69 Å². The second kappa shape index (κ2) is 6.12. The van der Waals surface area contributed by atoms with Crippen molar-refractivity contribution in [1.29, 1.82) is 0 Å². The lowest BCUT2D eigenvalue weighted by atomic mass is 10.2. The molecule has 0 spiro atoms. The molecular weight excluding hydrogens is 226 g/mol. The first kappa shape index (κ1) is 12.5. The van der Waals surface area contributed by atoms with Gasteiger partial charge in [0.15, 0.2) is 0 Å². The van der Waals surface area contributed by atoms with E-state index in [9.17, 15) is 0 Å². The molecular formula is C14H17N3O. The van der Waals surface area contributed by atoms with Gasteiger partial charge in [-0.05, 0) is 30.7 Å². The first-order valence-electron chi connectivity index (χ1n) is 5.88. The highest BCUT2D eigenvalue weighted by Crippen LogP contribution is 2.11. The lowest BCUT2D eigenvalue weighted by Gasteiger charge is -2.07. The number of benzene rings is 1. The Bertz CT molecular complexity index is 497. The maximum absolute atomic E-state index is 5.07. The number of nitrogens with zero attached hydrogens (tertiary/aromatic N) is 2. The molecule has 0 aliphatic carbocycles. The summed E-state index contributed by atoms with van der Waals surface area (Å²) in [6.45, 7) is 3.24.